The largest absolute Gasteiger partial charge is 0.308 e. The Hall–Kier alpha value is -2.10. The van der Waals surface area contributed by atoms with Crippen molar-refractivity contribution < 1.29 is 4.79 Å². The molecule has 0 bridgehead atoms. The van der Waals surface area contributed by atoms with Gasteiger partial charge in [-0.1, -0.05) is 44.2 Å². The van der Waals surface area contributed by atoms with E-state index in [-0.39, 0.29) is 11.3 Å². The molecule has 1 saturated carbocycles. The number of rotatable bonds is 4. The molecule has 0 atom stereocenters. The number of carbonyl (C=O) groups excluding carboxylic acids is 1. The molecule has 0 radical (unpaired) electrons. The summed E-state index contributed by atoms with van der Waals surface area (Å²) in [6.45, 7) is 4.18. The van der Waals surface area contributed by atoms with Crippen LogP contribution < -0.4 is 5.32 Å². The summed E-state index contributed by atoms with van der Waals surface area (Å²) in [4.78, 5) is 12.5. The maximum atomic E-state index is 12.5. The first-order valence-corrected chi connectivity index (χ1v) is 7.04. The van der Waals surface area contributed by atoms with Gasteiger partial charge in [-0.05, 0) is 24.3 Å². The summed E-state index contributed by atoms with van der Waals surface area (Å²) in [5, 5.41) is 10.1. The molecule has 20 heavy (non-hydrogen) atoms. The van der Waals surface area contributed by atoms with Crippen LogP contribution in [0.3, 0.4) is 0 Å². The molecule has 0 saturated heterocycles. The Morgan fingerprint density at radius 1 is 1.30 bits per heavy atom. The van der Waals surface area contributed by atoms with E-state index in [1.807, 2.05) is 36.4 Å². The quantitative estimate of drug-likeness (QED) is 0.895. The first kappa shape index (κ1) is 12.9. The van der Waals surface area contributed by atoms with Crippen molar-refractivity contribution in [3.8, 4) is 0 Å². The third-order valence-electron chi connectivity index (χ3n) is 3.97. The van der Waals surface area contributed by atoms with Gasteiger partial charge >= 0.3 is 0 Å². The Balaban J connectivity index is 1.76. The molecule has 1 heterocycles. The van der Waals surface area contributed by atoms with Gasteiger partial charge in [0.15, 0.2) is 5.82 Å². The number of hydrogen-bond acceptors (Lipinski definition) is 2. The van der Waals surface area contributed by atoms with Gasteiger partial charge in [0.25, 0.3) is 0 Å². The van der Waals surface area contributed by atoms with Crippen LogP contribution in [-0.2, 0) is 10.2 Å². The van der Waals surface area contributed by atoms with Crippen LogP contribution in [0.4, 0.5) is 5.82 Å². The molecule has 1 aliphatic carbocycles. The summed E-state index contributed by atoms with van der Waals surface area (Å²) >= 11 is 0. The fraction of sp³-hybridized carbons (Fsp3) is 0.375. The average molecular weight is 269 g/mol. The topological polar surface area (TPSA) is 57.8 Å². The zero-order valence-corrected chi connectivity index (χ0v) is 11.8. The summed E-state index contributed by atoms with van der Waals surface area (Å²) in [6, 6.07) is 11.9. The van der Waals surface area contributed by atoms with Crippen molar-refractivity contribution in [1.82, 2.24) is 10.2 Å². The third kappa shape index (κ3) is 2.22. The number of nitrogens with zero attached hydrogens (tertiary/aromatic N) is 1. The van der Waals surface area contributed by atoms with Gasteiger partial charge < -0.3 is 5.32 Å². The minimum Gasteiger partial charge on any atom is -0.308 e. The maximum absolute atomic E-state index is 12.5. The molecule has 0 aliphatic heterocycles. The van der Waals surface area contributed by atoms with Crippen LogP contribution in [0.5, 0.6) is 0 Å². The van der Waals surface area contributed by atoms with E-state index in [0.717, 1.165) is 24.1 Å². The number of anilines is 1. The monoisotopic (exact) mass is 269 g/mol. The minimum absolute atomic E-state index is 0.0468. The fourth-order valence-electron chi connectivity index (χ4n) is 2.46. The lowest BCUT2D eigenvalue weighted by molar-refractivity contribution is -0.118. The van der Waals surface area contributed by atoms with E-state index >= 15 is 0 Å². The van der Waals surface area contributed by atoms with Gasteiger partial charge in [-0.15, -0.1) is 0 Å². The van der Waals surface area contributed by atoms with E-state index in [1.165, 1.54) is 0 Å². The highest BCUT2D eigenvalue weighted by Gasteiger charge is 2.51. The third-order valence-corrected chi connectivity index (χ3v) is 3.97. The van der Waals surface area contributed by atoms with Crippen molar-refractivity contribution in [2.45, 2.75) is 38.0 Å². The average Bonchev–Trinajstić information content (AvgIpc) is 3.14. The number of hydrogen-bond donors (Lipinski definition) is 2. The Kier molecular flexibility index (Phi) is 3.08. The molecule has 0 unspecified atom stereocenters. The van der Waals surface area contributed by atoms with E-state index in [9.17, 15) is 4.79 Å². The minimum atomic E-state index is -0.349. The van der Waals surface area contributed by atoms with E-state index in [2.05, 4.69) is 29.4 Å². The summed E-state index contributed by atoms with van der Waals surface area (Å²) in [5.74, 6) is 1.03. The number of nitrogens with one attached hydrogen (secondary N) is 2. The van der Waals surface area contributed by atoms with Gasteiger partial charge in [-0.25, -0.2) is 0 Å². The molecule has 4 nitrogen and oxygen atoms in total. The molecule has 0 spiro atoms. The Morgan fingerprint density at radius 2 is 2.00 bits per heavy atom. The summed E-state index contributed by atoms with van der Waals surface area (Å²) in [7, 11) is 0. The molecule has 1 amide bonds. The van der Waals surface area contributed by atoms with Crippen molar-refractivity contribution in [3.63, 3.8) is 0 Å². The van der Waals surface area contributed by atoms with Crippen LogP contribution in [0.15, 0.2) is 36.4 Å². The van der Waals surface area contributed by atoms with E-state index in [4.69, 9.17) is 0 Å². The van der Waals surface area contributed by atoms with Crippen LogP contribution in [0.1, 0.15) is 43.9 Å². The highest BCUT2D eigenvalue weighted by molar-refractivity contribution is 6.00. The number of aromatic nitrogens is 2. The molecule has 1 aromatic heterocycles. The van der Waals surface area contributed by atoms with Gasteiger partial charge in [0, 0.05) is 11.8 Å². The first-order chi connectivity index (χ1) is 9.62. The Morgan fingerprint density at radius 3 is 2.55 bits per heavy atom. The first-order valence-electron chi connectivity index (χ1n) is 7.04. The van der Waals surface area contributed by atoms with Crippen LogP contribution in [0.2, 0.25) is 0 Å². The van der Waals surface area contributed by atoms with Crippen molar-refractivity contribution in [3.05, 3.63) is 47.7 Å². The van der Waals surface area contributed by atoms with Crippen molar-refractivity contribution in [2.24, 2.45) is 0 Å². The van der Waals surface area contributed by atoms with E-state index in [1.54, 1.807) is 0 Å². The second-order valence-corrected chi connectivity index (χ2v) is 5.77. The molecule has 1 aliphatic rings. The predicted molar refractivity (Wildman–Crippen MR) is 78.7 cm³/mol. The lowest BCUT2D eigenvalue weighted by atomic mass is 9.95. The zero-order chi connectivity index (χ0) is 14.2. The molecule has 2 aromatic rings. The summed E-state index contributed by atoms with van der Waals surface area (Å²) < 4.78 is 0. The SMILES string of the molecule is CC(C)c1cc(NC(=O)C2(c3ccccc3)CC2)n[nH]1. The molecule has 1 fully saturated rings. The van der Waals surface area contributed by atoms with Gasteiger partial charge in [0.1, 0.15) is 0 Å². The Labute approximate surface area is 118 Å². The molecule has 2 N–H and O–H groups in total. The summed E-state index contributed by atoms with van der Waals surface area (Å²) in [6.07, 6.45) is 1.81. The molecule has 4 heteroatoms. The predicted octanol–water partition coefficient (Wildman–Crippen LogP) is 3.20. The van der Waals surface area contributed by atoms with Crippen LogP contribution >= 0.6 is 0 Å². The van der Waals surface area contributed by atoms with Gasteiger partial charge in [0.05, 0.1) is 5.41 Å². The number of aromatic amines is 1. The molecular weight excluding hydrogens is 250 g/mol. The number of carbonyl (C=O) groups is 1. The molecule has 1 aromatic carbocycles. The van der Waals surface area contributed by atoms with Crippen LogP contribution in [0, 0.1) is 0 Å². The fourth-order valence-corrected chi connectivity index (χ4v) is 2.46. The molecular formula is C16H19N3O. The second kappa shape index (κ2) is 4.78. The second-order valence-electron chi connectivity index (χ2n) is 5.77. The van der Waals surface area contributed by atoms with Crippen LogP contribution in [-0.4, -0.2) is 16.1 Å². The van der Waals surface area contributed by atoms with Gasteiger partial charge in [-0.2, -0.15) is 5.10 Å². The van der Waals surface area contributed by atoms with Crippen molar-refractivity contribution in [1.29, 1.82) is 0 Å². The zero-order valence-electron chi connectivity index (χ0n) is 11.8. The van der Waals surface area contributed by atoms with Crippen molar-refractivity contribution >= 4 is 11.7 Å². The summed E-state index contributed by atoms with van der Waals surface area (Å²) in [5.41, 5.74) is 1.78. The van der Waals surface area contributed by atoms with E-state index in [0.29, 0.717) is 11.7 Å². The van der Waals surface area contributed by atoms with Crippen LogP contribution in [0.25, 0.3) is 0 Å². The normalized spacial score (nSPS) is 16.1. The lowest BCUT2D eigenvalue weighted by Gasteiger charge is -2.14. The maximum Gasteiger partial charge on any atom is 0.236 e. The lowest BCUT2D eigenvalue weighted by Crippen LogP contribution is -2.27. The molecule has 3 rings (SSSR count). The smallest absolute Gasteiger partial charge is 0.236 e. The molecule has 104 valence electrons. The number of benzene rings is 1. The van der Waals surface area contributed by atoms with E-state index < -0.39 is 0 Å². The van der Waals surface area contributed by atoms with Gasteiger partial charge in [-0.3, -0.25) is 9.89 Å². The standard InChI is InChI=1S/C16H19N3O/c1-11(2)13-10-14(19-18-13)17-15(20)16(8-9-16)12-6-4-3-5-7-12/h3-7,10-11H,8-9H2,1-2H3,(H2,17,18,19,20). The van der Waals surface area contributed by atoms with Gasteiger partial charge in [0.2, 0.25) is 5.91 Å². The highest BCUT2D eigenvalue weighted by Crippen LogP contribution is 2.48. The Bertz CT molecular complexity index is 612. The highest BCUT2D eigenvalue weighted by atomic mass is 16.2. The van der Waals surface area contributed by atoms with Crippen molar-refractivity contribution in [2.75, 3.05) is 5.32 Å². The number of amides is 1. The number of H-pyrrole nitrogens is 1.